The SMILES string of the molecule is COc1cccc(-n2ccnc2SCC(=O)Nc2ccc(N3CCCC3)cc2)c1. The van der Waals surface area contributed by atoms with Gasteiger partial charge in [0.2, 0.25) is 5.91 Å². The third-order valence-corrected chi connectivity index (χ3v) is 5.86. The molecule has 0 unspecified atom stereocenters. The third kappa shape index (κ3) is 4.74. The Morgan fingerprint density at radius 3 is 2.69 bits per heavy atom. The van der Waals surface area contributed by atoms with Crippen molar-refractivity contribution in [2.45, 2.75) is 18.0 Å². The van der Waals surface area contributed by atoms with Crippen molar-refractivity contribution in [3.63, 3.8) is 0 Å². The van der Waals surface area contributed by atoms with Gasteiger partial charge in [0, 0.05) is 42.9 Å². The molecule has 0 bridgehead atoms. The van der Waals surface area contributed by atoms with E-state index in [0.29, 0.717) is 0 Å². The molecule has 4 rings (SSSR count). The number of aromatic nitrogens is 2. The summed E-state index contributed by atoms with van der Waals surface area (Å²) >= 11 is 1.40. The van der Waals surface area contributed by atoms with Crippen molar-refractivity contribution in [2.24, 2.45) is 0 Å². The fourth-order valence-corrected chi connectivity index (χ4v) is 4.18. The minimum Gasteiger partial charge on any atom is -0.497 e. The van der Waals surface area contributed by atoms with E-state index in [1.165, 1.54) is 30.3 Å². The molecule has 7 heteroatoms. The number of hydrogen-bond donors (Lipinski definition) is 1. The number of carbonyl (C=O) groups excluding carboxylic acids is 1. The maximum atomic E-state index is 12.4. The molecule has 1 saturated heterocycles. The van der Waals surface area contributed by atoms with Crippen LogP contribution in [0.4, 0.5) is 11.4 Å². The number of amides is 1. The summed E-state index contributed by atoms with van der Waals surface area (Å²) in [7, 11) is 1.64. The summed E-state index contributed by atoms with van der Waals surface area (Å²) in [6, 6.07) is 15.8. The number of thioether (sulfide) groups is 1. The molecule has 1 aliphatic rings. The summed E-state index contributed by atoms with van der Waals surface area (Å²) < 4.78 is 7.24. The van der Waals surface area contributed by atoms with Crippen molar-refractivity contribution in [3.05, 3.63) is 60.9 Å². The summed E-state index contributed by atoms with van der Waals surface area (Å²) in [5, 5.41) is 3.73. The zero-order chi connectivity index (χ0) is 20.1. The van der Waals surface area contributed by atoms with E-state index in [1.54, 1.807) is 13.3 Å². The van der Waals surface area contributed by atoms with Crippen LogP contribution in [0.3, 0.4) is 0 Å². The topological polar surface area (TPSA) is 59.4 Å². The molecular weight excluding hydrogens is 384 g/mol. The monoisotopic (exact) mass is 408 g/mol. The van der Waals surface area contributed by atoms with Gasteiger partial charge in [-0.3, -0.25) is 9.36 Å². The molecule has 1 aromatic heterocycles. The number of methoxy groups -OCH3 is 1. The first-order valence-corrected chi connectivity index (χ1v) is 10.7. The van der Waals surface area contributed by atoms with E-state index in [2.05, 4.69) is 27.3 Å². The van der Waals surface area contributed by atoms with E-state index < -0.39 is 0 Å². The lowest BCUT2D eigenvalue weighted by Crippen LogP contribution is -2.18. The molecule has 0 atom stereocenters. The molecule has 3 aromatic rings. The fraction of sp³-hybridized carbons (Fsp3) is 0.273. The van der Waals surface area contributed by atoms with Gasteiger partial charge in [-0.25, -0.2) is 4.98 Å². The van der Waals surface area contributed by atoms with Gasteiger partial charge in [-0.05, 0) is 49.2 Å². The summed E-state index contributed by atoms with van der Waals surface area (Å²) in [6.45, 7) is 2.23. The number of ether oxygens (including phenoxy) is 1. The first-order chi connectivity index (χ1) is 14.2. The molecule has 1 N–H and O–H groups in total. The molecule has 0 spiro atoms. The standard InChI is InChI=1S/C22H24N4O2S/c1-28-20-6-4-5-19(15-20)26-14-11-23-22(26)29-16-21(27)24-17-7-9-18(10-8-17)25-12-2-3-13-25/h4-11,14-15H,2-3,12-13,16H2,1H3,(H,24,27). The van der Waals surface area contributed by atoms with Crippen molar-refractivity contribution >= 4 is 29.0 Å². The van der Waals surface area contributed by atoms with Crippen LogP contribution in [0.5, 0.6) is 5.75 Å². The highest BCUT2D eigenvalue weighted by Gasteiger charge is 2.13. The highest BCUT2D eigenvalue weighted by molar-refractivity contribution is 7.99. The largest absolute Gasteiger partial charge is 0.497 e. The van der Waals surface area contributed by atoms with E-state index in [9.17, 15) is 4.79 Å². The zero-order valence-corrected chi connectivity index (χ0v) is 17.2. The van der Waals surface area contributed by atoms with Crippen molar-refractivity contribution < 1.29 is 9.53 Å². The number of nitrogens with one attached hydrogen (secondary N) is 1. The van der Waals surface area contributed by atoms with Crippen LogP contribution in [0.2, 0.25) is 0 Å². The summed E-state index contributed by atoms with van der Waals surface area (Å²) in [4.78, 5) is 19.2. The van der Waals surface area contributed by atoms with Gasteiger partial charge in [0.05, 0.1) is 18.6 Å². The first kappa shape index (κ1) is 19.4. The smallest absolute Gasteiger partial charge is 0.234 e. The Kier molecular flexibility index (Phi) is 6.05. The molecule has 2 heterocycles. The molecule has 0 radical (unpaired) electrons. The Hall–Kier alpha value is -2.93. The molecule has 6 nitrogen and oxygen atoms in total. The van der Waals surface area contributed by atoms with Crippen LogP contribution in [0.25, 0.3) is 5.69 Å². The van der Waals surface area contributed by atoms with Gasteiger partial charge in [0.15, 0.2) is 5.16 Å². The molecular formula is C22H24N4O2S. The van der Waals surface area contributed by atoms with Crippen molar-refractivity contribution in [3.8, 4) is 11.4 Å². The van der Waals surface area contributed by atoms with Gasteiger partial charge in [0.1, 0.15) is 5.75 Å². The van der Waals surface area contributed by atoms with E-state index in [1.807, 2.05) is 47.2 Å². The lowest BCUT2D eigenvalue weighted by Gasteiger charge is -2.17. The van der Waals surface area contributed by atoms with Crippen molar-refractivity contribution in [1.29, 1.82) is 0 Å². The molecule has 1 aliphatic heterocycles. The average Bonchev–Trinajstić information content (AvgIpc) is 3.45. The number of nitrogens with zero attached hydrogens (tertiary/aromatic N) is 3. The number of anilines is 2. The lowest BCUT2D eigenvalue weighted by atomic mass is 10.2. The number of hydrogen-bond acceptors (Lipinski definition) is 5. The summed E-state index contributed by atoms with van der Waals surface area (Å²) in [6.07, 6.45) is 6.12. The predicted octanol–water partition coefficient (Wildman–Crippen LogP) is 4.21. The van der Waals surface area contributed by atoms with Crippen LogP contribution in [0, 0.1) is 0 Å². The second-order valence-electron chi connectivity index (χ2n) is 6.86. The highest BCUT2D eigenvalue weighted by Crippen LogP contribution is 2.24. The third-order valence-electron chi connectivity index (χ3n) is 4.89. The molecule has 150 valence electrons. The predicted molar refractivity (Wildman–Crippen MR) is 117 cm³/mol. The Morgan fingerprint density at radius 1 is 1.14 bits per heavy atom. The molecule has 29 heavy (non-hydrogen) atoms. The second kappa shape index (κ2) is 9.05. The maximum absolute atomic E-state index is 12.4. The second-order valence-corrected chi connectivity index (χ2v) is 7.80. The highest BCUT2D eigenvalue weighted by atomic mass is 32.2. The normalized spacial score (nSPS) is 13.5. The molecule has 0 aliphatic carbocycles. The number of benzene rings is 2. The van der Waals surface area contributed by atoms with Gasteiger partial charge >= 0.3 is 0 Å². The van der Waals surface area contributed by atoms with E-state index in [4.69, 9.17) is 4.74 Å². The Balaban J connectivity index is 1.35. The lowest BCUT2D eigenvalue weighted by molar-refractivity contribution is -0.113. The summed E-state index contributed by atoms with van der Waals surface area (Å²) in [5.74, 6) is 1.01. The van der Waals surface area contributed by atoms with Gasteiger partial charge in [-0.15, -0.1) is 0 Å². The van der Waals surface area contributed by atoms with E-state index in [-0.39, 0.29) is 11.7 Å². The van der Waals surface area contributed by atoms with Crippen LogP contribution in [0.15, 0.2) is 66.1 Å². The van der Waals surface area contributed by atoms with Crippen molar-refractivity contribution in [1.82, 2.24) is 9.55 Å². The average molecular weight is 409 g/mol. The van der Waals surface area contributed by atoms with Gasteiger partial charge in [-0.1, -0.05) is 17.8 Å². The minimum absolute atomic E-state index is 0.0517. The zero-order valence-electron chi connectivity index (χ0n) is 16.4. The first-order valence-electron chi connectivity index (χ1n) is 9.68. The quantitative estimate of drug-likeness (QED) is 0.594. The number of carbonyl (C=O) groups is 1. The van der Waals surface area contributed by atoms with Gasteiger partial charge in [0.25, 0.3) is 0 Å². The number of rotatable bonds is 7. The van der Waals surface area contributed by atoms with E-state index >= 15 is 0 Å². The van der Waals surface area contributed by atoms with Gasteiger partial charge in [-0.2, -0.15) is 0 Å². The van der Waals surface area contributed by atoms with Crippen LogP contribution < -0.4 is 15.0 Å². The molecule has 2 aromatic carbocycles. The molecule has 1 fully saturated rings. The van der Waals surface area contributed by atoms with Crippen LogP contribution in [-0.4, -0.2) is 41.4 Å². The van der Waals surface area contributed by atoms with Crippen LogP contribution in [0.1, 0.15) is 12.8 Å². The fourth-order valence-electron chi connectivity index (χ4n) is 3.41. The van der Waals surface area contributed by atoms with Crippen molar-refractivity contribution in [2.75, 3.05) is 36.2 Å². The van der Waals surface area contributed by atoms with Gasteiger partial charge < -0.3 is 15.0 Å². The van der Waals surface area contributed by atoms with Crippen LogP contribution >= 0.6 is 11.8 Å². The molecule has 1 amide bonds. The summed E-state index contributed by atoms with van der Waals surface area (Å²) in [5.41, 5.74) is 2.98. The Bertz CT molecular complexity index is 965. The Morgan fingerprint density at radius 2 is 1.93 bits per heavy atom. The minimum atomic E-state index is -0.0517. The maximum Gasteiger partial charge on any atom is 0.234 e. The Labute approximate surface area is 174 Å². The molecule has 0 saturated carbocycles. The van der Waals surface area contributed by atoms with E-state index in [0.717, 1.165) is 35.4 Å². The number of imidazole rings is 1. The van der Waals surface area contributed by atoms with Crippen LogP contribution in [-0.2, 0) is 4.79 Å².